The number of H-pyrrole nitrogens is 1. The van der Waals surface area contributed by atoms with E-state index in [1.807, 2.05) is 13.8 Å². The molecule has 0 aliphatic rings. The van der Waals surface area contributed by atoms with E-state index in [0.29, 0.717) is 18.6 Å². The van der Waals surface area contributed by atoms with Crippen LogP contribution in [0.4, 0.5) is 8.78 Å². The lowest BCUT2D eigenvalue weighted by molar-refractivity contribution is -0.131. The van der Waals surface area contributed by atoms with E-state index in [9.17, 15) is 13.6 Å². The number of carbonyl (C=O) groups is 1. The van der Waals surface area contributed by atoms with Gasteiger partial charge in [0.25, 0.3) is 0 Å². The second-order valence-corrected chi connectivity index (χ2v) is 5.04. The van der Waals surface area contributed by atoms with Crippen LogP contribution in [0.1, 0.15) is 20.3 Å². The van der Waals surface area contributed by atoms with Crippen LogP contribution in [-0.4, -0.2) is 33.4 Å². The molecule has 0 unspecified atom stereocenters. The SMILES string of the molecule is CCN(CC)C(=O)CCn1c(=S)[nH]c2ccc(F)c(F)c21. The number of aryl methyl sites for hydroxylation is 1. The van der Waals surface area contributed by atoms with Gasteiger partial charge in [-0.25, -0.2) is 8.78 Å². The molecule has 2 aromatic rings. The molecule has 0 radical (unpaired) electrons. The lowest BCUT2D eigenvalue weighted by Crippen LogP contribution is -2.31. The summed E-state index contributed by atoms with van der Waals surface area (Å²) in [7, 11) is 0. The van der Waals surface area contributed by atoms with Gasteiger partial charge in [-0.3, -0.25) is 4.79 Å². The molecule has 0 bridgehead atoms. The normalized spacial score (nSPS) is 11.0. The lowest BCUT2D eigenvalue weighted by Gasteiger charge is -2.18. The van der Waals surface area contributed by atoms with Crippen LogP contribution >= 0.6 is 12.2 Å². The molecule has 0 aliphatic heterocycles. The molecule has 0 aliphatic carbocycles. The zero-order chi connectivity index (χ0) is 15.6. The summed E-state index contributed by atoms with van der Waals surface area (Å²) >= 11 is 5.12. The van der Waals surface area contributed by atoms with Crippen molar-refractivity contribution in [1.82, 2.24) is 14.5 Å². The van der Waals surface area contributed by atoms with Crippen molar-refractivity contribution in [3.05, 3.63) is 28.5 Å². The minimum atomic E-state index is -0.949. The highest BCUT2D eigenvalue weighted by Crippen LogP contribution is 2.20. The summed E-state index contributed by atoms with van der Waals surface area (Å²) in [5.41, 5.74) is 0.501. The van der Waals surface area contributed by atoms with E-state index in [2.05, 4.69) is 4.98 Å². The number of nitrogens with zero attached hydrogens (tertiary/aromatic N) is 2. The zero-order valence-electron chi connectivity index (χ0n) is 11.9. The zero-order valence-corrected chi connectivity index (χ0v) is 12.8. The number of amides is 1. The Morgan fingerprint density at radius 1 is 1.33 bits per heavy atom. The van der Waals surface area contributed by atoms with Gasteiger partial charge in [-0.1, -0.05) is 0 Å². The Kier molecular flexibility index (Phi) is 4.72. The topological polar surface area (TPSA) is 41.0 Å². The number of carbonyl (C=O) groups excluding carboxylic acids is 1. The van der Waals surface area contributed by atoms with Gasteiger partial charge in [0.2, 0.25) is 5.91 Å². The van der Waals surface area contributed by atoms with E-state index in [-0.39, 0.29) is 29.2 Å². The first-order chi connectivity index (χ1) is 9.99. The predicted molar refractivity (Wildman–Crippen MR) is 79.6 cm³/mol. The second kappa shape index (κ2) is 6.34. The first-order valence-corrected chi connectivity index (χ1v) is 7.24. The number of halogens is 2. The molecule has 7 heteroatoms. The summed E-state index contributed by atoms with van der Waals surface area (Å²) < 4.78 is 29.0. The molecule has 4 nitrogen and oxygen atoms in total. The van der Waals surface area contributed by atoms with Crippen molar-refractivity contribution in [2.75, 3.05) is 13.1 Å². The number of benzene rings is 1. The third-order valence-corrected chi connectivity index (χ3v) is 3.81. The van der Waals surface area contributed by atoms with Gasteiger partial charge in [0.05, 0.1) is 5.52 Å². The van der Waals surface area contributed by atoms with Gasteiger partial charge in [0.1, 0.15) is 5.52 Å². The number of fused-ring (bicyclic) bond motifs is 1. The van der Waals surface area contributed by atoms with Gasteiger partial charge in [-0.2, -0.15) is 0 Å². The van der Waals surface area contributed by atoms with Gasteiger partial charge >= 0.3 is 0 Å². The van der Waals surface area contributed by atoms with Crippen molar-refractivity contribution >= 4 is 29.2 Å². The number of hydrogen-bond donors (Lipinski definition) is 1. The summed E-state index contributed by atoms with van der Waals surface area (Å²) in [5.74, 6) is -1.91. The van der Waals surface area contributed by atoms with E-state index in [1.165, 1.54) is 10.6 Å². The molecule has 114 valence electrons. The van der Waals surface area contributed by atoms with Gasteiger partial charge in [0.15, 0.2) is 16.4 Å². The van der Waals surface area contributed by atoms with Crippen LogP contribution in [0.2, 0.25) is 0 Å². The highest BCUT2D eigenvalue weighted by atomic mass is 32.1. The minimum absolute atomic E-state index is 0.0342. The molecule has 0 atom stereocenters. The fourth-order valence-corrected chi connectivity index (χ4v) is 2.64. The highest BCUT2D eigenvalue weighted by Gasteiger charge is 2.15. The van der Waals surface area contributed by atoms with Crippen LogP contribution in [0.3, 0.4) is 0 Å². The monoisotopic (exact) mass is 313 g/mol. The maximum absolute atomic E-state index is 13.9. The smallest absolute Gasteiger partial charge is 0.224 e. The van der Waals surface area contributed by atoms with Gasteiger partial charge in [0, 0.05) is 26.1 Å². The Morgan fingerprint density at radius 2 is 2.00 bits per heavy atom. The van der Waals surface area contributed by atoms with E-state index in [0.717, 1.165) is 6.07 Å². The number of hydrogen-bond acceptors (Lipinski definition) is 2. The maximum atomic E-state index is 13.9. The quantitative estimate of drug-likeness (QED) is 0.861. The number of aromatic amines is 1. The summed E-state index contributed by atoms with van der Waals surface area (Å²) in [5, 5.41) is 0. The molecule has 1 amide bonds. The van der Waals surface area contributed by atoms with Crippen molar-refractivity contribution in [2.24, 2.45) is 0 Å². The van der Waals surface area contributed by atoms with Gasteiger partial charge in [-0.05, 0) is 38.2 Å². The van der Waals surface area contributed by atoms with Gasteiger partial charge in [-0.15, -0.1) is 0 Å². The Balaban J connectivity index is 2.31. The molecule has 1 aromatic heterocycles. The molecular formula is C14H17F2N3OS. The molecule has 1 heterocycles. The Morgan fingerprint density at radius 3 is 2.62 bits per heavy atom. The second-order valence-electron chi connectivity index (χ2n) is 4.66. The van der Waals surface area contributed by atoms with Crippen LogP contribution in [-0.2, 0) is 11.3 Å². The minimum Gasteiger partial charge on any atom is -0.343 e. The molecule has 0 fully saturated rings. The van der Waals surface area contributed by atoms with Crippen LogP contribution < -0.4 is 0 Å². The van der Waals surface area contributed by atoms with E-state index < -0.39 is 11.6 Å². The Labute approximate surface area is 126 Å². The first kappa shape index (κ1) is 15.6. The van der Waals surface area contributed by atoms with E-state index in [1.54, 1.807) is 4.90 Å². The molecule has 21 heavy (non-hydrogen) atoms. The summed E-state index contributed by atoms with van der Waals surface area (Å²) in [6, 6.07) is 2.49. The Hall–Kier alpha value is -1.76. The average Bonchev–Trinajstić information content (AvgIpc) is 2.78. The van der Waals surface area contributed by atoms with Crippen LogP contribution in [0, 0.1) is 16.4 Å². The number of imidazole rings is 1. The molecule has 0 saturated carbocycles. The summed E-state index contributed by atoms with van der Waals surface area (Å²) in [6.45, 7) is 5.26. The largest absolute Gasteiger partial charge is 0.343 e. The van der Waals surface area contributed by atoms with Crippen molar-refractivity contribution in [2.45, 2.75) is 26.8 Å². The first-order valence-electron chi connectivity index (χ1n) is 6.83. The van der Waals surface area contributed by atoms with Crippen molar-refractivity contribution in [3.8, 4) is 0 Å². The molecular weight excluding hydrogens is 296 g/mol. The van der Waals surface area contributed by atoms with Crippen molar-refractivity contribution in [3.63, 3.8) is 0 Å². The fraction of sp³-hybridized carbons (Fsp3) is 0.429. The Bertz CT molecular complexity index is 719. The predicted octanol–water partition coefficient (Wildman–Crippen LogP) is 3.24. The van der Waals surface area contributed by atoms with E-state index in [4.69, 9.17) is 12.2 Å². The lowest BCUT2D eigenvalue weighted by atomic mass is 10.2. The fourth-order valence-electron chi connectivity index (χ4n) is 2.34. The van der Waals surface area contributed by atoms with Crippen LogP contribution in [0.25, 0.3) is 11.0 Å². The highest BCUT2D eigenvalue weighted by molar-refractivity contribution is 7.71. The summed E-state index contributed by atoms with van der Waals surface area (Å²) in [4.78, 5) is 16.5. The summed E-state index contributed by atoms with van der Waals surface area (Å²) in [6.07, 6.45) is 0.193. The molecule has 0 spiro atoms. The average molecular weight is 313 g/mol. The maximum Gasteiger partial charge on any atom is 0.224 e. The van der Waals surface area contributed by atoms with E-state index >= 15 is 0 Å². The van der Waals surface area contributed by atoms with Crippen molar-refractivity contribution < 1.29 is 13.6 Å². The number of rotatable bonds is 5. The standard InChI is InChI=1S/C14H17F2N3OS/c1-3-18(4-2)11(20)7-8-19-13-10(17-14(19)21)6-5-9(15)12(13)16/h5-6H,3-4,7-8H2,1-2H3,(H,17,21). The van der Waals surface area contributed by atoms with Gasteiger partial charge < -0.3 is 14.5 Å². The number of nitrogens with one attached hydrogen (secondary N) is 1. The third kappa shape index (κ3) is 2.97. The van der Waals surface area contributed by atoms with Crippen LogP contribution in [0.5, 0.6) is 0 Å². The molecule has 0 saturated heterocycles. The number of aromatic nitrogens is 2. The molecule has 1 aromatic carbocycles. The molecule has 1 N–H and O–H groups in total. The third-order valence-electron chi connectivity index (χ3n) is 3.49. The molecule has 2 rings (SSSR count). The van der Waals surface area contributed by atoms with Crippen LogP contribution in [0.15, 0.2) is 12.1 Å². The van der Waals surface area contributed by atoms with Crippen molar-refractivity contribution in [1.29, 1.82) is 0 Å².